The van der Waals surface area contributed by atoms with Crippen molar-refractivity contribution in [2.75, 3.05) is 39.9 Å². The highest BCUT2D eigenvalue weighted by atomic mass is 32.1. The average Bonchev–Trinajstić information content (AvgIpc) is 3.07. The summed E-state index contributed by atoms with van der Waals surface area (Å²) in [5, 5.41) is 15.5. The van der Waals surface area contributed by atoms with E-state index in [9.17, 15) is 23.1 Å². The summed E-state index contributed by atoms with van der Waals surface area (Å²) in [6.07, 6.45) is 5.86. The number of aliphatic hydroxyl groups excluding tert-OH is 1. The number of carbonyl (C=O) groups excluding carboxylic acids is 1. The number of hydrogen-bond acceptors (Lipinski definition) is 6. The van der Waals surface area contributed by atoms with Crippen molar-refractivity contribution >= 4 is 35.9 Å². The van der Waals surface area contributed by atoms with Crippen molar-refractivity contribution < 1.29 is 32.5 Å². The van der Waals surface area contributed by atoms with Crippen molar-refractivity contribution in [2.24, 2.45) is 5.92 Å². The standard InChI is InChI=1S/C21H21F3N2O3S.C8H12O.2C2H6.CH4S/c22-11-18(27)16-8-9-29-12-21(16,15-7-6-14(23)10-17(15)24)26-20(30)25-19(28)13-4-2-1-3-5-13;1-4-5-6-8(2)7-9-3;3*1-2/h1-7,10,16,18,27H,8-9,11-12H2,(H2,25,26,28,30);4-6H,1-2,7H2,3H3;2*1-2H3;2H,1H3/b;6-5-;;;. The van der Waals surface area contributed by atoms with Crippen molar-refractivity contribution in [1.82, 2.24) is 10.6 Å². The van der Waals surface area contributed by atoms with E-state index in [0.717, 1.165) is 11.6 Å². The van der Waals surface area contributed by atoms with Gasteiger partial charge in [0.15, 0.2) is 5.11 Å². The van der Waals surface area contributed by atoms with Gasteiger partial charge < -0.3 is 19.9 Å². The number of aliphatic hydroxyl groups is 1. The molecule has 1 fully saturated rings. The first-order valence-corrected chi connectivity index (χ1v) is 15.8. The minimum atomic E-state index is -1.51. The minimum Gasteiger partial charge on any atom is -0.390 e. The summed E-state index contributed by atoms with van der Waals surface area (Å²) in [6.45, 7) is 14.8. The highest BCUT2D eigenvalue weighted by Gasteiger charge is 2.48. The van der Waals surface area contributed by atoms with Gasteiger partial charge in [0.05, 0.1) is 24.9 Å². The van der Waals surface area contributed by atoms with Crippen LogP contribution in [0.3, 0.4) is 0 Å². The smallest absolute Gasteiger partial charge is 0.257 e. The first-order valence-electron chi connectivity index (χ1n) is 14.5. The van der Waals surface area contributed by atoms with Crippen LogP contribution in [0.15, 0.2) is 85.5 Å². The monoisotopic (exact) mass is 670 g/mol. The number of ether oxygens (including phenoxy) is 2. The summed E-state index contributed by atoms with van der Waals surface area (Å²) in [5.41, 5.74) is -0.249. The molecule has 1 heterocycles. The number of halogens is 3. The maximum absolute atomic E-state index is 14.8. The normalized spacial score (nSPS) is 17.2. The summed E-state index contributed by atoms with van der Waals surface area (Å²) in [5.74, 6) is -3.03. The fourth-order valence-electron chi connectivity index (χ4n) is 4.19. The van der Waals surface area contributed by atoms with E-state index in [1.807, 2.05) is 39.8 Å². The average molecular weight is 671 g/mol. The molecule has 1 aliphatic rings. The van der Waals surface area contributed by atoms with Crippen molar-refractivity contribution in [2.45, 2.75) is 45.8 Å². The predicted molar refractivity (Wildman–Crippen MR) is 187 cm³/mol. The maximum atomic E-state index is 14.8. The Hall–Kier alpha value is -2.96. The molecular weight excluding hydrogens is 622 g/mol. The molecular formula is C34H49F3N2O4S2. The highest BCUT2D eigenvalue weighted by Crippen LogP contribution is 2.39. The Morgan fingerprint density at radius 3 is 2.36 bits per heavy atom. The van der Waals surface area contributed by atoms with Crippen LogP contribution in [0.4, 0.5) is 13.2 Å². The van der Waals surface area contributed by atoms with E-state index in [4.69, 9.17) is 21.7 Å². The number of thiocarbonyl (C=S) groups is 1. The zero-order valence-electron chi connectivity index (χ0n) is 27.1. The molecule has 1 aliphatic heterocycles. The molecule has 3 atom stereocenters. The van der Waals surface area contributed by atoms with Gasteiger partial charge >= 0.3 is 0 Å². The Bertz CT molecular complexity index is 1170. The fraction of sp³-hybridized carbons (Fsp3) is 0.412. The number of amides is 1. The first kappa shape index (κ1) is 44.2. The van der Waals surface area contributed by atoms with Crippen LogP contribution in [0.1, 0.15) is 50.0 Å². The van der Waals surface area contributed by atoms with Gasteiger partial charge in [0.1, 0.15) is 18.3 Å². The topological polar surface area (TPSA) is 79.8 Å². The molecule has 0 saturated carbocycles. The zero-order chi connectivity index (χ0) is 34.8. The molecule has 1 amide bonds. The second kappa shape index (κ2) is 26.3. The van der Waals surface area contributed by atoms with Crippen LogP contribution in [-0.4, -0.2) is 62.1 Å². The molecule has 3 N–H and O–H groups in total. The molecule has 2 aromatic rings. The molecule has 0 radical (unpaired) electrons. The van der Waals surface area contributed by atoms with Crippen molar-refractivity contribution in [3.63, 3.8) is 0 Å². The molecule has 0 bridgehead atoms. The molecule has 45 heavy (non-hydrogen) atoms. The lowest BCUT2D eigenvalue weighted by Crippen LogP contribution is -2.62. The molecule has 11 heteroatoms. The lowest BCUT2D eigenvalue weighted by molar-refractivity contribution is -0.0694. The van der Waals surface area contributed by atoms with Crippen LogP contribution >= 0.6 is 24.8 Å². The number of thiol groups is 1. The molecule has 0 aliphatic carbocycles. The Kier molecular flexibility index (Phi) is 25.8. The SMILES string of the molecule is C=C/C=C\C(=C)COC.CC.CC.CS.O=C(NC(=S)NC1(c2ccc(F)cc2F)COCCC1C(O)CF)c1ccccc1. The quantitative estimate of drug-likeness (QED) is 0.127. The second-order valence-electron chi connectivity index (χ2n) is 8.73. The Labute approximate surface area is 278 Å². The van der Waals surface area contributed by atoms with Gasteiger partial charge in [0.2, 0.25) is 0 Å². The van der Waals surface area contributed by atoms with E-state index in [0.29, 0.717) is 18.2 Å². The van der Waals surface area contributed by atoms with Crippen LogP contribution in [0.2, 0.25) is 0 Å². The van der Waals surface area contributed by atoms with Crippen molar-refractivity contribution in [3.05, 3.63) is 108 Å². The van der Waals surface area contributed by atoms with E-state index in [1.165, 1.54) is 6.07 Å². The Morgan fingerprint density at radius 2 is 1.82 bits per heavy atom. The lowest BCUT2D eigenvalue weighted by atomic mass is 9.72. The third-order valence-electron chi connectivity index (χ3n) is 5.97. The summed E-state index contributed by atoms with van der Waals surface area (Å²) < 4.78 is 52.0. The first-order chi connectivity index (χ1) is 21.7. The predicted octanol–water partition coefficient (Wildman–Crippen LogP) is 7.36. The van der Waals surface area contributed by atoms with Gasteiger partial charge in [0.25, 0.3) is 5.91 Å². The number of benzene rings is 2. The van der Waals surface area contributed by atoms with Crippen LogP contribution in [0.5, 0.6) is 0 Å². The summed E-state index contributed by atoms with van der Waals surface area (Å²) in [6, 6.07) is 11.2. The van der Waals surface area contributed by atoms with Crippen LogP contribution in [-0.2, 0) is 15.0 Å². The van der Waals surface area contributed by atoms with Gasteiger partial charge in [-0.1, -0.05) is 83.3 Å². The van der Waals surface area contributed by atoms with Gasteiger partial charge in [-0.2, -0.15) is 12.6 Å². The molecule has 0 aromatic heterocycles. The molecule has 1 saturated heterocycles. The Morgan fingerprint density at radius 1 is 1.20 bits per heavy atom. The van der Waals surface area contributed by atoms with Crippen molar-refractivity contribution in [3.8, 4) is 0 Å². The van der Waals surface area contributed by atoms with Gasteiger partial charge in [-0.3, -0.25) is 10.1 Å². The third-order valence-corrected chi connectivity index (χ3v) is 6.17. The van der Waals surface area contributed by atoms with Crippen LogP contribution in [0, 0.1) is 17.6 Å². The van der Waals surface area contributed by atoms with Gasteiger partial charge in [0, 0.05) is 36.8 Å². The third kappa shape index (κ3) is 15.3. The number of hydrogen-bond donors (Lipinski definition) is 4. The summed E-state index contributed by atoms with van der Waals surface area (Å²) in [4.78, 5) is 12.4. The molecule has 6 nitrogen and oxygen atoms in total. The lowest BCUT2D eigenvalue weighted by Gasteiger charge is -2.46. The van der Waals surface area contributed by atoms with E-state index in [2.05, 4.69) is 36.4 Å². The molecule has 2 aromatic carbocycles. The number of nitrogens with one attached hydrogen (secondary N) is 2. The van der Waals surface area contributed by atoms with E-state index in [-0.39, 0.29) is 30.3 Å². The maximum Gasteiger partial charge on any atom is 0.257 e. The number of rotatable bonds is 9. The van der Waals surface area contributed by atoms with E-state index >= 15 is 0 Å². The number of methoxy groups -OCH3 is 1. The van der Waals surface area contributed by atoms with Crippen molar-refractivity contribution in [1.29, 1.82) is 0 Å². The second-order valence-corrected chi connectivity index (χ2v) is 9.13. The van der Waals surface area contributed by atoms with Gasteiger partial charge in [-0.15, -0.1) is 0 Å². The molecule has 3 rings (SSSR count). The molecule has 3 unspecified atom stereocenters. The highest BCUT2D eigenvalue weighted by molar-refractivity contribution is 7.80. The van der Waals surface area contributed by atoms with E-state index in [1.54, 1.807) is 49.8 Å². The van der Waals surface area contributed by atoms with Crippen LogP contribution in [0.25, 0.3) is 0 Å². The van der Waals surface area contributed by atoms with Crippen LogP contribution < -0.4 is 10.6 Å². The van der Waals surface area contributed by atoms with Gasteiger partial charge in [-0.05, 0) is 48.7 Å². The Balaban J connectivity index is 0. The number of carbonyl (C=O) groups is 1. The van der Waals surface area contributed by atoms with Gasteiger partial charge in [-0.25, -0.2) is 13.2 Å². The fourth-order valence-corrected chi connectivity index (χ4v) is 4.46. The van der Waals surface area contributed by atoms with E-state index < -0.39 is 41.8 Å². The summed E-state index contributed by atoms with van der Waals surface area (Å²) >= 11 is 8.79. The largest absolute Gasteiger partial charge is 0.390 e. The number of alkyl halides is 1. The zero-order valence-corrected chi connectivity index (χ0v) is 28.8. The molecule has 252 valence electrons. The summed E-state index contributed by atoms with van der Waals surface area (Å²) in [7, 11) is 1.65. The molecule has 0 spiro atoms. The number of allylic oxidation sites excluding steroid dienone is 2. The minimum absolute atomic E-state index is 0.0441.